The molecule has 2 aromatic heterocycles. The van der Waals surface area contributed by atoms with E-state index in [4.69, 9.17) is 0 Å². The van der Waals surface area contributed by atoms with Gasteiger partial charge in [-0.3, -0.25) is 19.9 Å². The minimum atomic E-state index is -0.479. The predicted octanol–water partition coefficient (Wildman–Crippen LogP) is 3.12. The van der Waals surface area contributed by atoms with Crippen LogP contribution >= 0.6 is 11.5 Å². The van der Waals surface area contributed by atoms with Crippen LogP contribution in [-0.2, 0) is 6.42 Å². The first kappa shape index (κ1) is 15.9. The number of aromatic nitrogens is 3. The summed E-state index contributed by atoms with van der Waals surface area (Å²) >= 11 is 1.02. The molecule has 0 aliphatic heterocycles. The quantitative estimate of drug-likeness (QED) is 0.575. The zero-order valence-corrected chi connectivity index (χ0v) is 13.8. The lowest BCUT2D eigenvalue weighted by molar-refractivity contribution is -0.384. The average Bonchev–Trinajstić information content (AvgIpc) is 3.03. The maximum atomic E-state index is 12.5. The molecular weight excluding hydrogens is 330 g/mol. The van der Waals surface area contributed by atoms with Gasteiger partial charge in [0.05, 0.1) is 21.8 Å². The second kappa shape index (κ2) is 6.28. The summed E-state index contributed by atoms with van der Waals surface area (Å²) in [4.78, 5) is 27.8. The van der Waals surface area contributed by atoms with Gasteiger partial charge in [-0.05, 0) is 37.0 Å². The zero-order chi connectivity index (χ0) is 17.3. The van der Waals surface area contributed by atoms with Crippen molar-refractivity contribution < 1.29 is 9.72 Å². The fraction of sp³-hybridized carbons (Fsp3) is 0.200. The smallest absolute Gasteiger partial charge is 0.270 e. The number of hydrogen-bond acceptors (Lipinski definition) is 7. The molecule has 0 saturated heterocycles. The minimum absolute atomic E-state index is 0.0580. The molecule has 24 heavy (non-hydrogen) atoms. The fourth-order valence-corrected chi connectivity index (χ4v) is 3.00. The first-order chi connectivity index (χ1) is 11.5. The molecule has 1 amide bonds. The van der Waals surface area contributed by atoms with Crippen LogP contribution in [0.3, 0.4) is 0 Å². The number of carbonyl (C=O) groups is 1. The summed E-state index contributed by atoms with van der Waals surface area (Å²) in [6.07, 6.45) is 0.598. The van der Waals surface area contributed by atoms with Gasteiger partial charge in [-0.2, -0.15) is 0 Å². The number of benzene rings is 1. The first-order valence-corrected chi connectivity index (χ1v) is 7.95. The lowest BCUT2D eigenvalue weighted by atomic mass is 10.1. The van der Waals surface area contributed by atoms with Crippen molar-refractivity contribution >= 4 is 39.7 Å². The van der Waals surface area contributed by atoms with Crippen LogP contribution in [0.15, 0.2) is 24.3 Å². The molecule has 0 unspecified atom stereocenters. The first-order valence-electron chi connectivity index (χ1n) is 7.18. The Labute approximate surface area is 140 Å². The van der Waals surface area contributed by atoms with Crippen LogP contribution in [0, 0.1) is 17.0 Å². The molecular formula is C15H13N5O3S. The molecule has 0 bridgehead atoms. The molecule has 8 nitrogen and oxygen atoms in total. The third kappa shape index (κ3) is 2.93. The van der Waals surface area contributed by atoms with Gasteiger partial charge >= 0.3 is 0 Å². The van der Waals surface area contributed by atoms with E-state index >= 15 is 0 Å². The highest BCUT2D eigenvalue weighted by Gasteiger charge is 2.17. The number of anilines is 1. The maximum Gasteiger partial charge on any atom is 0.270 e. The molecule has 0 fully saturated rings. The van der Waals surface area contributed by atoms with Gasteiger partial charge in [-0.1, -0.05) is 11.4 Å². The second-order valence-corrected chi connectivity index (χ2v) is 5.88. The van der Waals surface area contributed by atoms with Crippen molar-refractivity contribution in [2.24, 2.45) is 0 Å². The van der Waals surface area contributed by atoms with Crippen LogP contribution in [-0.4, -0.2) is 25.4 Å². The molecule has 9 heteroatoms. The summed E-state index contributed by atoms with van der Waals surface area (Å²) < 4.78 is 3.80. The van der Waals surface area contributed by atoms with Crippen molar-refractivity contribution in [1.82, 2.24) is 14.6 Å². The maximum absolute atomic E-state index is 12.5. The van der Waals surface area contributed by atoms with E-state index < -0.39 is 4.92 Å². The third-order valence-electron chi connectivity index (χ3n) is 3.48. The Morgan fingerprint density at radius 3 is 2.88 bits per heavy atom. The van der Waals surface area contributed by atoms with Gasteiger partial charge in [0, 0.05) is 23.2 Å². The number of nitro benzene ring substituents is 1. The number of rotatable bonds is 4. The van der Waals surface area contributed by atoms with Crippen molar-refractivity contribution in [3.63, 3.8) is 0 Å². The molecule has 2 heterocycles. The van der Waals surface area contributed by atoms with Crippen molar-refractivity contribution in [2.75, 3.05) is 5.32 Å². The standard InChI is InChI=1S/C15H13N5O3S/c1-3-11-14(24-19-18-11)15(21)17-13-6-8(2)16-12-5-4-9(20(22)23)7-10(12)13/h4-7H,3H2,1-2H3,(H,16,17,21). The van der Waals surface area contributed by atoms with E-state index in [9.17, 15) is 14.9 Å². The number of pyridine rings is 1. The monoisotopic (exact) mass is 343 g/mol. The van der Waals surface area contributed by atoms with E-state index in [2.05, 4.69) is 19.9 Å². The van der Waals surface area contributed by atoms with Gasteiger partial charge in [-0.25, -0.2) is 0 Å². The van der Waals surface area contributed by atoms with Gasteiger partial charge < -0.3 is 5.32 Å². The van der Waals surface area contributed by atoms with Crippen LogP contribution in [0.1, 0.15) is 28.0 Å². The normalized spacial score (nSPS) is 10.8. The summed E-state index contributed by atoms with van der Waals surface area (Å²) in [6.45, 7) is 3.69. The Bertz CT molecular complexity index is 953. The van der Waals surface area contributed by atoms with Gasteiger partial charge in [0.25, 0.3) is 11.6 Å². The van der Waals surface area contributed by atoms with E-state index in [1.807, 2.05) is 6.92 Å². The molecule has 0 spiro atoms. The Kier molecular flexibility index (Phi) is 4.17. The zero-order valence-electron chi connectivity index (χ0n) is 12.9. The lowest BCUT2D eigenvalue weighted by Crippen LogP contribution is -2.13. The van der Waals surface area contributed by atoms with Crippen LogP contribution in [0.4, 0.5) is 11.4 Å². The van der Waals surface area contributed by atoms with Gasteiger partial charge in [-0.15, -0.1) is 5.10 Å². The third-order valence-corrected chi connectivity index (χ3v) is 4.24. The summed E-state index contributed by atoms with van der Waals surface area (Å²) in [5, 5.41) is 18.2. The Hall–Kier alpha value is -2.94. The molecule has 0 radical (unpaired) electrons. The van der Waals surface area contributed by atoms with E-state index in [-0.39, 0.29) is 11.6 Å². The summed E-state index contributed by atoms with van der Waals surface area (Å²) in [7, 11) is 0. The molecule has 1 aromatic carbocycles. The van der Waals surface area contributed by atoms with Crippen LogP contribution in [0.2, 0.25) is 0 Å². The van der Waals surface area contributed by atoms with E-state index in [1.54, 1.807) is 19.1 Å². The highest BCUT2D eigenvalue weighted by atomic mass is 32.1. The Morgan fingerprint density at radius 1 is 1.38 bits per heavy atom. The Morgan fingerprint density at radius 2 is 2.17 bits per heavy atom. The number of amides is 1. The average molecular weight is 343 g/mol. The van der Waals surface area contributed by atoms with Crippen molar-refractivity contribution in [1.29, 1.82) is 0 Å². The predicted molar refractivity (Wildman–Crippen MR) is 90.4 cm³/mol. The number of carbonyl (C=O) groups excluding carboxylic acids is 1. The number of nitro groups is 1. The number of fused-ring (bicyclic) bond motifs is 1. The van der Waals surface area contributed by atoms with Crippen LogP contribution in [0.25, 0.3) is 10.9 Å². The minimum Gasteiger partial charge on any atom is -0.320 e. The number of aryl methyl sites for hydroxylation is 2. The van der Waals surface area contributed by atoms with Gasteiger partial charge in [0.1, 0.15) is 4.88 Å². The molecule has 1 N–H and O–H groups in total. The highest BCUT2D eigenvalue weighted by molar-refractivity contribution is 7.08. The molecule has 0 atom stereocenters. The summed E-state index contributed by atoms with van der Waals surface area (Å²) in [6, 6.07) is 6.05. The fourth-order valence-electron chi connectivity index (χ4n) is 2.35. The van der Waals surface area contributed by atoms with Crippen LogP contribution < -0.4 is 5.32 Å². The molecule has 0 aliphatic rings. The molecule has 3 aromatic rings. The van der Waals surface area contributed by atoms with E-state index in [0.717, 1.165) is 11.5 Å². The number of nitrogens with zero attached hydrogens (tertiary/aromatic N) is 4. The summed E-state index contributed by atoms with van der Waals surface area (Å²) in [5.74, 6) is -0.333. The van der Waals surface area contributed by atoms with Crippen molar-refractivity contribution in [3.05, 3.63) is 50.6 Å². The van der Waals surface area contributed by atoms with E-state index in [1.165, 1.54) is 12.1 Å². The SMILES string of the molecule is CCc1nnsc1C(=O)Nc1cc(C)nc2ccc([N+](=O)[O-])cc12. The molecule has 0 saturated carbocycles. The molecule has 3 rings (SSSR count). The van der Waals surface area contributed by atoms with Crippen molar-refractivity contribution in [2.45, 2.75) is 20.3 Å². The number of hydrogen-bond donors (Lipinski definition) is 1. The molecule has 0 aliphatic carbocycles. The van der Waals surface area contributed by atoms with Gasteiger partial charge in [0.2, 0.25) is 0 Å². The number of non-ortho nitro benzene ring substituents is 1. The Balaban J connectivity index is 2.06. The lowest BCUT2D eigenvalue weighted by Gasteiger charge is -2.09. The number of nitrogens with one attached hydrogen (secondary N) is 1. The molecule has 122 valence electrons. The highest BCUT2D eigenvalue weighted by Crippen LogP contribution is 2.28. The van der Waals surface area contributed by atoms with Crippen molar-refractivity contribution in [3.8, 4) is 0 Å². The largest absolute Gasteiger partial charge is 0.320 e. The second-order valence-electron chi connectivity index (χ2n) is 5.13. The van der Waals surface area contributed by atoms with E-state index in [0.29, 0.717) is 39.3 Å². The van der Waals surface area contributed by atoms with Crippen LogP contribution in [0.5, 0.6) is 0 Å². The topological polar surface area (TPSA) is 111 Å². The van der Waals surface area contributed by atoms with Gasteiger partial charge in [0.15, 0.2) is 0 Å². The summed E-state index contributed by atoms with van der Waals surface area (Å²) in [5.41, 5.74) is 2.32.